The van der Waals surface area contributed by atoms with Crippen molar-refractivity contribution in [1.82, 2.24) is 15.3 Å². The Morgan fingerprint density at radius 1 is 0.875 bits per heavy atom. The average Bonchev–Trinajstić information content (AvgIpc) is 3.32. The molecule has 40 heavy (non-hydrogen) atoms. The Balaban J connectivity index is 1.30. The molecular weight excluding hydrogens is 543 g/mol. The maximum absolute atomic E-state index is 12.9. The number of amides is 2. The van der Waals surface area contributed by atoms with Gasteiger partial charge in [0.2, 0.25) is 5.91 Å². The normalized spacial score (nSPS) is 11.9. The van der Waals surface area contributed by atoms with Crippen molar-refractivity contribution in [3.05, 3.63) is 142 Å². The summed E-state index contributed by atoms with van der Waals surface area (Å²) in [6, 6.07) is 31.2. The third-order valence-corrected chi connectivity index (χ3v) is 7.09. The van der Waals surface area contributed by atoms with Crippen molar-refractivity contribution >= 4 is 52.1 Å². The van der Waals surface area contributed by atoms with E-state index in [1.54, 1.807) is 36.5 Å². The molecule has 0 bridgehead atoms. The average molecular weight is 569 g/mol. The minimum Gasteiger partial charge on any atom is -0.345 e. The molecule has 4 aromatic carbocycles. The summed E-state index contributed by atoms with van der Waals surface area (Å²) in [4.78, 5) is 25.7. The van der Waals surface area contributed by atoms with E-state index in [1.807, 2.05) is 79.0 Å². The molecule has 0 unspecified atom stereocenters. The first-order chi connectivity index (χ1) is 19.5. The van der Waals surface area contributed by atoms with Crippen molar-refractivity contribution in [3.63, 3.8) is 0 Å². The molecule has 5 aromatic rings. The number of hydrogen-bond donors (Lipinski definition) is 2. The van der Waals surface area contributed by atoms with E-state index in [1.165, 1.54) is 0 Å². The molecule has 1 aromatic heterocycles. The highest BCUT2D eigenvalue weighted by Crippen LogP contribution is 2.26. The number of carbonyl (C=O) groups is 2. The molecule has 0 radical (unpaired) electrons. The quantitative estimate of drug-likeness (QED) is 0.148. The summed E-state index contributed by atoms with van der Waals surface area (Å²) in [5, 5.41) is 9.38. The predicted octanol–water partition coefficient (Wildman–Crippen LogP) is 7.01. The molecule has 200 valence electrons. The number of carbonyl (C=O) groups excluding carboxylic acids is 2. The Labute approximate surface area is 242 Å². The van der Waals surface area contributed by atoms with E-state index in [-0.39, 0.29) is 18.2 Å². The molecule has 6 nitrogen and oxygen atoms in total. The molecule has 0 aliphatic rings. The van der Waals surface area contributed by atoms with Crippen molar-refractivity contribution < 1.29 is 9.59 Å². The number of nitrogens with one attached hydrogen (secondary N) is 2. The van der Waals surface area contributed by atoms with Gasteiger partial charge in [0.05, 0.1) is 18.7 Å². The summed E-state index contributed by atoms with van der Waals surface area (Å²) in [6.45, 7) is 0.552. The van der Waals surface area contributed by atoms with E-state index < -0.39 is 6.04 Å². The molecule has 8 heteroatoms. The molecule has 0 saturated carbocycles. The van der Waals surface area contributed by atoms with Crippen LogP contribution >= 0.6 is 23.2 Å². The Hall–Kier alpha value is -4.39. The fraction of sp³-hybridized carbons (Fsp3) is 0.0938. The van der Waals surface area contributed by atoms with Gasteiger partial charge in [0.25, 0.3) is 5.91 Å². The second-order valence-corrected chi connectivity index (χ2v) is 10.1. The lowest BCUT2D eigenvalue weighted by molar-refractivity contribution is -0.121. The van der Waals surface area contributed by atoms with Crippen LogP contribution in [0.5, 0.6) is 0 Å². The SMILES string of the molecule is O=C(C[C@H](NC(=O)c1ccccc1)c1ccccc1)N/N=C\c1cn(Cc2ccc(Cl)cc2Cl)c2ccccc12. The van der Waals surface area contributed by atoms with E-state index in [4.69, 9.17) is 23.2 Å². The minimum absolute atomic E-state index is 0.0246. The van der Waals surface area contributed by atoms with Crippen molar-refractivity contribution in [2.75, 3.05) is 0 Å². The summed E-state index contributed by atoms with van der Waals surface area (Å²) in [5.74, 6) is -0.575. The van der Waals surface area contributed by atoms with Crippen molar-refractivity contribution in [2.45, 2.75) is 19.0 Å². The monoisotopic (exact) mass is 568 g/mol. The smallest absolute Gasteiger partial charge is 0.251 e. The zero-order valence-corrected chi connectivity index (χ0v) is 22.9. The molecule has 0 fully saturated rings. The van der Waals surface area contributed by atoms with Crippen LogP contribution in [0.15, 0.2) is 114 Å². The molecule has 0 aliphatic carbocycles. The first-order valence-corrected chi connectivity index (χ1v) is 13.5. The zero-order valence-electron chi connectivity index (χ0n) is 21.4. The first-order valence-electron chi connectivity index (χ1n) is 12.7. The van der Waals surface area contributed by atoms with Crippen LogP contribution in [-0.2, 0) is 11.3 Å². The summed E-state index contributed by atoms with van der Waals surface area (Å²) >= 11 is 12.5. The number of aromatic nitrogens is 1. The van der Waals surface area contributed by atoms with Gasteiger partial charge in [0, 0.05) is 44.8 Å². The molecule has 0 saturated heterocycles. The first kappa shape index (κ1) is 27.2. The number of benzene rings is 4. The molecular formula is C32H26Cl2N4O2. The van der Waals surface area contributed by atoms with Crippen LogP contribution in [0.3, 0.4) is 0 Å². The Kier molecular flexibility index (Phi) is 8.59. The van der Waals surface area contributed by atoms with Crippen LogP contribution in [0.4, 0.5) is 0 Å². The van der Waals surface area contributed by atoms with Crippen molar-refractivity contribution in [3.8, 4) is 0 Å². The molecule has 2 amide bonds. The van der Waals surface area contributed by atoms with Gasteiger partial charge < -0.3 is 9.88 Å². The van der Waals surface area contributed by atoms with E-state index >= 15 is 0 Å². The maximum atomic E-state index is 12.9. The van der Waals surface area contributed by atoms with Crippen molar-refractivity contribution in [2.24, 2.45) is 5.10 Å². The second kappa shape index (κ2) is 12.6. The predicted molar refractivity (Wildman–Crippen MR) is 161 cm³/mol. The standard InChI is InChI=1S/C32H26Cl2N4O2/c33-26-16-15-24(28(34)17-26)20-38-21-25(27-13-7-8-14-30(27)38)19-35-37-31(39)18-29(22-9-3-1-4-10-22)36-32(40)23-11-5-2-6-12-23/h1-17,19,21,29H,18,20H2,(H,36,40)(H,37,39)/b35-19-/t29-/m0/s1. The van der Waals surface area contributed by atoms with Gasteiger partial charge in [0.1, 0.15) is 0 Å². The summed E-state index contributed by atoms with van der Waals surface area (Å²) in [6.07, 6.45) is 3.62. The molecule has 0 spiro atoms. The number of nitrogens with zero attached hydrogens (tertiary/aromatic N) is 2. The molecule has 5 rings (SSSR count). The van der Waals surface area contributed by atoms with Crippen LogP contribution < -0.4 is 10.7 Å². The highest BCUT2D eigenvalue weighted by Gasteiger charge is 2.19. The number of halogens is 2. The van der Waals surface area contributed by atoms with Crippen LogP contribution in [0, 0.1) is 0 Å². The summed E-state index contributed by atoms with van der Waals surface area (Å²) < 4.78 is 2.08. The largest absolute Gasteiger partial charge is 0.345 e. The van der Waals surface area contributed by atoms with E-state index in [0.717, 1.165) is 27.6 Å². The number of fused-ring (bicyclic) bond motifs is 1. The number of hydrazone groups is 1. The minimum atomic E-state index is -0.518. The lowest BCUT2D eigenvalue weighted by atomic mass is 10.0. The van der Waals surface area contributed by atoms with Crippen LogP contribution in [0.2, 0.25) is 10.0 Å². The van der Waals surface area contributed by atoms with Crippen LogP contribution in [0.25, 0.3) is 10.9 Å². The molecule has 1 atom stereocenters. The number of rotatable bonds is 9. The fourth-order valence-electron chi connectivity index (χ4n) is 4.52. The number of para-hydroxylation sites is 1. The second-order valence-electron chi connectivity index (χ2n) is 9.27. The molecule has 1 heterocycles. The third-order valence-electron chi connectivity index (χ3n) is 6.50. The summed E-state index contributed by atoms with van der Waals surface area (Å²) in [5.41, 5.74) is 6.76. The topological polar surface area (TPSA) is 75.5 Å². The maximum Gasteiger partial charge on any atom is 0.251 e. The Morgan fingerprint density at radius 3 is 2.33 bits per heavy atom. The molecule has 0 aliphatic heterocycles. The van der Waals surface area contributed by atoms with Gasteiger partial charge in [-0.15, -0.1) is 0 Å². The van der Waals surface area contributed by atoms with E-state index in [0.29, 0.717) is 22.2 Å². The van der Waals surface area contributed by atoms with Gasteiger partial charge in [0.15, 0.2) is 0 Å². The van der Waals surface area contributed by atoms with Crippen LogP contribution in [-0.4, -0.2) is 22.6 Å². The van der Waals surface area contributed by atoms with Gasteiger partial charge in [-0.25, -0.2) is 5.43 Å². The van der Waals surface area contributed by atoms with Gasteiger partial charge in [-0.3, -0.25) is 9.59 Å². The zero-order chi connectivity index (χ0) is 27.9. The van der Waals surface area contributed by atoms with Gasteiger partial charge in [-0.1, -0.05) is 96.0 Å². The highest BCUT2D eigenvalue weighted by molar-refractivity contribution is 6.35. The van der Waals surface area contributed by atoms with E-state index in [2.05, 4.69) is 20.4 Å². The van der Waals surface area contributed by atoms with Gasteiger partial charge in [-0.05, 0) is 41.5 Å². The van der Waals surface area contributed by atoms with Crippen molar-refractivity contribution in [1.29, 1.82) is 0 Å². The van der Waals surface area contributed by atoms with Crippen LogP contribution in [0.1, 0.15) is 39.5 Å². The number of hydrogen-bond acceptors (Lipinski definition) is 3. The lowest BCUT2D eigenvalue weighted by Crippen LogP contribution is -2.32. The van der Waals surface area contributed by atoms with Gasteiger partial charge in [-0.2, -0.15) is 5.10 Å². The lowest BCUT2D eigenvalue weighted by Gasteiger charge is -2.18. The summed E-state index contributed by atoms with van der Waals surface area (Å²) in [7, 11) is 0. The van der Waals surface area contributed by atoms with E-state index in [9.17, 15) is 9.59 Å². The molecule has 2 N–H and O–H groups in total. The third kappa shape index (κ3) is 6.60. The van der Waals surface area contributed by atoms with Gasteiger partial charge >= 0.3 is 0 Å². The Morgan fingerprint density at radius 2 is 1.57 bits per heavy atom. The Bertz CT molecular complexity index is 1670. The highest BCUT2D eigenvalue weighted by atomic mass is 35.5. The fourth-order valence-corrected chi connectivity index (χ4v) is 4.98.